The minimum atomic E-state index is -0.291. The average molecular weight is 248 g/mol. The number of halogens is 1. The second-order valence-electron chi connectivity index (χ2n) is 3.39. The molecule has 0 amide bonds. The number of oxazole rings is 1. The fraction of sp³-hybridized carbons (Fsp3) is 0.167. The van der Waals surface area contributed by atoms with Crippen LogP contribution in [0.5, 0.6) is 0 Å². The summed E-state index contributed by atoms with van der Waals surface area (Å²) in [6, 6.07) is 8.06. The number of hydrogen-bond donors (Lipinski definition) is 0. The third-order valence-corrected chi connectivity index (χ3v) is 2.92. The van der Waals surface area contributed by atoms with Gasteiger partial charge in [0.15, 0.2) is 5.76 Å². The lowest BCUT2D eigenvalue weighted by Gasteiger charge is -1.97. The Hall–Kier alpha value is -1.80. The summed E-state index contributed by atoms with van der Waals surface area (Å²) < 4.78 is 18.2. The summed E-state index contributed by atoms with van der Waals surface area (Å²) in [6.45, 7) is 1.77. The van der Waals surface area contributed by atoms with Crippen molar-refractivity contribution in [1.29, 1.82) is 5.26 Å². The zero-order valence-electron chi connectivity index (χ0n) is 9.05. The second-order valence-corrected chi connectivity index (χ2v) is 4.68. The normalized spacial score (nSPS) is 12.1. The van der Waals surface area contributed by atoms with Crippen LogP contribution >= 0.6 is 11.8 Å². The fourth-order valence-electron chi connectivity index (χ4n) is 1.24. The van der Waals surface area contributed by atoms with E-state index < -0.39 is 0 Å². The molecule has 1 aromatic carbocycles. The molecule has 0 spiro atoms. The van der Waals surface area contributed by atoms with E-state index in [1.54, 1.807) is 25.3 Å². The summed E-state index contributed by atoms with van der Waals surface area (Å²) in [5.74, 6) is 0.276. The van der Waals surface area contributed by atoms with Gasteiger partial charge in [-0.25, -0.2) is 9.37 Å². The first-order chi connectivity index (χ1) is 8.19. The molecule has 3 nitrogen and oxygen atoms in total. The first-order valence-corrected chi connectivity index (χ1v) is 5.85. The van der Waals surface area contributed by atoms with E-state index in [1.807, 2.05) is 0 Å². The first-order valence-electron chi connectivity index (χ1n) is 4.97. The van der Waals surface area contributed by atoms with E-state index in [9.17, 15) is 4.39 Å². The van der Waals surface area contributed by atoms with Crippen LogP contribution in [0.4, 0.5) is 4.39 Å². The second kappa shape index (κ2) is 5.02. The molecule has 86 valence electrons. The lowest BCUT2D eigenvalue weighted by molar-refractivity contribution is 0.465. The van der Waals surface area contributed by atoms with Gasteiger partial charge in [-0.15, -0.1) is 0 Å². The zero-order valence-corrected chi connectivity index (χ0v) is 9.87. The van der Waals surface area contributed by atoms with Crippen LogP contribution in [0.15, 0.2) is 40.1 Å². The number of nitriles is 1. The van der Waals surface area contributed by atoms with E-state index in [2.05, 4.69) is 11.1 Å². The molecule has 0 saturated heterocycles. The molecule has 2 aromatic rings. The summed E-state index contributed by atoms with van der Waals surface area (Å²) in [4.78, 5) is 4.05. The average Bonchev–Trinajstić information content (AvgIpc) is 2.78. The maximum atomic E-state index is 12.7. The number of aromatic nitrogens is 1. The smallest absolute Gasteiger partial charge is 0.257 e. The molecule has 0 aliphatic rings. The van der Waals surface area contributed by atoms with Crippen molar-refractivity contribution in [1.82, 2.24) is 4.98 Å². The van der Waals surface area contributed by atoms with Crippen LogP contribution in [0.1, 0.15) is 6.92 Å². The number of benzene rings is 1. The molecule has 1 heterocycles. The molecule has 0 bridgehead atoms. The quantitative estimate of drug-likeness (QED) is 0.780. The first kappa shape index (κ1) is 11.7. The molecular weight excluding hydrogens is 239 g/mol. The molecule has 0 saturated carbocycles. The highest BCUT2D eigenvalue weighted by Gasteiger charge is 2.10. The lowest BCUT2D eigenvalue weighted by Crippen LogP contribution is -1.88. The monoisotopic (exact) mass is 248 g/mol. The van der Waals surface area contributed by atoms with Gasteiger partial charge in [-0.1, -0.05) is 0 Å². The molecule has 0 fully saturated rings. The van der Waals surface area contributed by atoms with E-state index in [1.165, 1.54) is 23.9 Å². The van der Waals surface area contributed by atoms with Crippen molar-refractivity contribution in [3.05, 3.63) is 36.3 Å². The largest absolute Gasteiger partial charge is 0.431 e. The lowest BCUT2D eigenvalue weighted by atomic mass is 10.2. The van der Waals surface area contributed by atoms with Crippen LogP contribution in [0.25, 0.3) is 11.3 Å². The molecule has 5 heteroatoms. The van der Waals surface area contributed by atoms with Crippen molar-refractivity contribution >= 4 is 11.8 Å². The molecule has 0 radical (unpaired) electrons. The minimum absolute atomic E-state index is 0.213. The summed E-state index contributed by atoms with van der Waals surface area (Å²) in [5, 5.41) is 8.90. The Morgan fingerprint density at radius 1 is 1.41 bits per heavy atom. The van der Waals surface area contributed by atoms with Gasteiger partial charge in [0.1, 0.15) is 5.82 Å². The maximum absolute atomic E-state index is 12.7. The van der Waals surface area contributed by atoms with Gasteiger partial charge in [0.25, 0.3) is 5.22 Å². The Morgan fingerprint density at radius 2 is 2.12 bits per heavy atom. The van der Waals surface area contributed by atoms with Crippen molar-refractivity contribution in [2.45, 2.75) is 17.4 Å². The van der Waals surface area contributed by atoms with Crippen LogP contribution in [0.2, 0.25) is 0 Å². The third kappa shape index (κ3) is 2.86. The molecular formula is C12H9FN2OS. The van der Waals surface area contributed by atoms with E-state index in [0.29, 0.717) is 11.0 Å². The van der Waals surface area contributed by atoms with Gasteiger partial charge in [0, 0.05) is 5.56 Å². The third-order valence-electron chi connectivity index (χ3n) is 2.07. The van der Waals surface area contributed by atoms with E-state index in [0.717, 1.165) is 5.56 Å². The van der Waals surface area contributed by atoms with Crippen molar-refractivity contribution < 1.29 is 8.81 Å². The number of nitrogens with zero attached hydrogens (tertiary/aromatic N) is 2. The van der Waals surface area contributed by atoms with Crippen LogP contribution in [-0.4, -0.2) is 10.2 Å². The standard InChI is InChI=1S/C12H9FN2OS/c1-8(6-14)17-12-15-7-11(16-12)9-2-4-10(13)5-3-9/h2-5,7-8H,1H3/t8-/m0/s1. The highest BCUT2D eigenvalue weighted by Crippen LogP contribution is 2.27. The predicted octanol–water partition coefficient (Wildman–Crippen LogP) is 3.48. The SMILES string of the molecule is C[C@@H](C#N)Sc1ncc(-c2ccc(F)cc2)o1. The molecule has 0 unspecified atom stereocenters. The molecule has 17 heavy (non-hydrogen) atoms. The van der Waals surface area contributed by atoms with Gasteiger partial charge < -0.3 is 4.42 Å². The summed E-state index contributed by atoms with van der Waals surface area (Å²) in [7, 11) is 0. The Balaban J connectivity index is 2.18. The number of hydrogen-bond acceptors (Lipinski definition) is 4. The topological polar surface area (TPSA) is 49.8 Å². The van der Waals surface area contributed by atoms with Crippen molar-refractivity contribution in [3.8, 4) is 17.4 Å². The Morgan fingerprint density at radius 3 is 2.76 bits per heavy atom. The van der Waals surface area contributed by atoms with Crippen LogP contribution in [0, 0.1) is 17.1 Å². The Labute approximate surface area is 102 Å². The zero-order chi connectivity index (χ0) is 12.3. The highest BCUT2D eigenvalue weighted by atomic mass is 32.2. The van der Waals surface area contributed by atoms with E-state index in [4.69, 9.17) is 9.68 Å². The fourth-order valence-corrected chi connectivity index (χ4v) is 1.84. The number of rotatable bonds is 3. The predicted molar refractivity (Wildman–Crippen MR) is 62.8 cm³/mol. The van der Waals surface area contributed by atoms with E-state index in [-0.39, 0.29) is 11.1 Å². The summed E-state index contributed by atoms with van der Waals surface area (Å²) in [6.07, 6.45) is 1.57. The van der Waals surface area contributed by atoms with Crippen molar-refractivity contribution in [2.75, 3.05) is 0 Å². The van der Waals surface area contributed by atoms with Gasteiger partial charge in [-0.3, -0.25) is 0 Å². The Bertz CT molecular complexity index is 544. The molecule has 2 rings (SSSR count). The summed E-state index contributed by atoms with van der Waals surface area (Å²) in [5.41, 5.74) is 0.760. The van der Waals surface area contributed by atoms with Gasteiger partial charge in [0.2, 0.25) is 0 Å². The van der Waals surface area contributed by atoms with Gasteiger partial charge in [-0.05, 0) is 43.0 Å². The van der Waals surface area contributed by atoms with Gasteiger partial charge in [-0.2, -0.15) is 5.26 Å². The highest BCUT2D eigenvalue weighted by molar-refractivity contribution is 7.99. The van der Waals surface area contributed by atoms with Crippen LogP contribution < -0.4 is 0 Å². The molecule has 1 atom stereocenters. The van der Waals surface area contributed by atoms with E-state index >= 15 is 0 Å². The number of thioether (sulfide) groups is 1. The van der Waals surface area contributed by atoms with Gasteiger partial charge in [0.05, 0.1) is 17.5 Å². The van der Waals surface area contributed by atoms with Crippen molar-refractivity contribution in [3.63, 3.8) is 0 Å². The van der Waals surface area contributed by atoms with Crippen LogP contribution in [0.3, 0.4) is 0 Å². The van der Waals surface area contributed by atoms with Gasteiger partial charge >= 0.3 is 0 Å². The Kier molecular flexibility index (Phi) is 3.45. The summed E-state index contributed by atoms with van der Waals surface area (Å²) >= 11 is 1.25. The molecule has 0 aliphatic carbocycles. The minimum Gasteiger partial charge on any atom is -0.431 e. The van der Waals surface area contributed by atoms with Crippen LogP contribution in [-0.2, 0) is 0 Å². The molecule has 1 aromatic heterocycles. The molecule has 0 aliphatic heterocycles. The molecule has 0 N–H and O–H groups in total. The van der Waals surface area contributed by atoms with Crippen molar-refractivity contribution in [2.24, 2.45) is 0 Å². The maximum Gasteiger partial charge on any atom is 0.257 e.